The van der Waals surface area contributed by atoms with E-state index >= 15 is 0 Å². The lowest BCUT2D eigenvalue weighted by atomic mass is 10.1. The highest BCUT2D eigenvalue weighted by Crippen LogP contribution is 2.27. The first-order valence-electron chi connectivity index (χ1n) is 8.29. The van der Waals surface area contributed by atoms with Crippen LogP contribution in [-0.4, -0.2) is 16.8 Å². The summed E-state index contributed by atoms with van der Waals surface area (Å²) in [7, 11) is 0. The molecule has 0 saturated heterocycles. The summed E-state index contributed by atoms with van der Waals surface area (Å²) in [5.74, 6) is -0.930. The summed E-state index contributed by atoms with van der Waals surface area (Å²) in [5.41, 5.74) is 3.01. The van der Waals surface area contributed by atoms with Gasteiger partial charge in [0.15, 0.2) is 0 Å². The van der Waals surface area contributed by atoms with Crippen molar-refractivity contribution < 1.29 is 14.0 Å². The fraction of sp³-hybridized carbons (Fsp3) is 0.150. The van der Waals surface area contributed by atoms with Crippen LogP contribution in [0.2, 0.25) is 0 Å². The van der Waals surface area contributed by atoms with Gasteiger partial charge in [-0.2, -0.15) is 0 Å². The van der Waals surface area contributed by atoms with Gasteiger partial charge in [0.25, 0.3) is 0 Å². The molecule has 0 fully saturated rings. The van der Waals surface area contributed by atoms with Crippen molar-refractivity contribution in [2.45, 2.75) is 20.3 Å². The normalized spacial score (nSPS) is 10.5. The molecule has 3 aromatic rings. The first kappa shape index (κ1) is 18.7. The van der Waals surface area contributed by atoms with E-state index in [1.54, 1.807) is 17.5 Å². The van der Waals surface area contributed by atoms with Crippen LogP contribution in [0, 0.1) is 12.7 Å². The number of nitrogens with one attached hydrogen (secondary N) is 2. The summed E-state index contributed by atoms with van der Waals surface area (Å²) in [4.78, 5) is 27.6. The van der Waals surface area contributed by atoms with E-state index in [9.17, 15) is 14.0 Å². The van der Waals surface area contributed by atoms with Crippen LogP contribution in [0.25, 0.3) is 11.3 Å². The van der Waals surface area contributed by atoms with Crippen molar-refractivity contribution in [3.8, 4) is 11.3 Å². The molecule has 138 valence electrons. The second-order valence-corrected chi connectivity index (χ2v) is 7.04. The summed E-state index contributed by atoms with van der Waals surface area (Å²) in [5, 5.41) is 7.66. The number of rotatable bonds is 5. The molecule has 0 bridgehead atoms. The van der Waals surface area contributed by atoms with E-state index in [4.69, 9.17) is 0 Å². The molecule has 2 amide bonds. The van der Waals surface area contributed by atoms with E-state index in [0.29, 0.717) is 22.0 Å². The molecule has 0 radical (unpaired) electrons. The van der Waals surface area contributed by atoms with Gasteiger partial charge in [-0.3, -0.25) is 9.59 Å². The van der Waals surface area contributed by atoms with Gasteiger partial charge < -0.3 is 10.6 Å². The quantitative estimate of drug-likeness (QED) is 0.686. The molecule has 0 saturated carbocycles. The maximum absolute atomic E-state index is 14.3. The smallest absolute Gasteiger partial charge is 0.231 e. The predicted octanol–water partition coefficient (Wildman–Crippen LogP) is 4.40. The lowest BCUT2D eigenvalue weighted by Crippen LogP contribution is -2.14. The van der Waals surface area contributed by atoms with Crippen LogP contribution in [0.5, 0.6) is 0 Å². The number of hydrogen-bond acceptors (Lipinski definition) is 4. The maximum Gasteiger partial charge on any atom is 0.231 e. The number of amides is 2. The third kappa shape index (κ3) is 4.98. The number of carbonyl (C=O) groups is 2. The first-order valence-corrected chi connectivity index (χ1v) is 9.17. The Labute approximate surface area is 160 Å². The van der Waals surface area contributed by atoms with Crippen molar-refractivity contribution in [3.63, 3.8) is 0 Å². The van der Waals surface area contributed by atoms with Crippen molar-refractivity contribution >= 4 is 34.5 Å². The zero-order valence-corrected chi connectivity index (χ0v) is 15.7. The molecule has 0 aliphatic rings. The van der Waals surface area contributed by atoms with E-state index in [1.807, 2.05) is 31.2 Å². The number of halogens is 1. The number of hydrogen-bond donors (Lipinski definition) is 2. The van der Waals surface area contributed by atoms with Gasteiger partial charge in [-0.05, 0) is 37.3 Å². The molecule has 0 unspecified atom stereocenters. The van der Waals surface area contributed by atoms with Gasteiger partial charge in [-0.1, -0.05) is 17.7 Å². The minimum atomic E-state index is -0.484. The van der Waals surface area contributed by atoms with Crippen LogP contribution in [-0.2, 0) is 16.0 Å². The average molecular weight is 383 g/mol. The zero-order valence-electron chi connectivity index (χ0n) is 14.9. The van der Waals surface area contributed by atoms with Crippen LogP contribution in [0.4, 0.5) is 15.8 Å². The van der Waals surface area contributed by atoms with E-state index in [-0.39, 0.29) is 18.2 Å². The van der Waals surface area contributed by atoms with Crippen molar-refractivity contribution in [1.29, 1.82) is 0 Å². The molecule has 7 heteroatoms. The molecule has 2 N–H and O–H groups in total. The molecular formula is C20H18FN3O2S. The van der Waals surface area contributed by atoms with Crippen LogP contribution >= 0.6 is 11.3 Å². The monoisotopic (exact) mass is 383 g/mol. The van der Waals surface area contributed by atoms with E-state index < -0.39 is 5.82 Å². The SMILES string of the molecule is CC(=O)Nc1ccc(-c2csc(CC(=O)Nc3ccc(C)cc3)n2)c(F)c1. The van der Waals surface area contributed by atoms with Gasteiger partial charge in [0.1, 0.15) is 10.8 Å². The van der Waals surface area contributed by atoms with Gasteiger partial charge in [0.2, 0.25) is 11.8 Å². The number of aryl methyl sites for hydroxylation is 1. The summed E-state index contributed by atoms with van der Waals surface area (Å²) in [6.07, 6.45) is 0.115. The lowest BCUT2D eigenvalue weighted by molar-refractivity contribution is -0.116. The van der Waals surface area contributed by atoms with Crippen molar-refractivity contribution in [2.75, 3.05) is 10.6 Å². The van der Waals surface area contributed by atoms with Crippen LogP contribution in [0.1, 0.15) is 17.5 Å². The number of benzene rings is 2. The number of thiazole rings is 1. The number of carbonyl (C=O) groups excluding carboxylic acids is 2. The molecule has 1 heterocycles. The van der Waals surface area contributed by atoms with E-state index in [1.165, 1.54) is 24.3 Å². The van der Waals surface area contributed by atoms with Crippen molar-refractivity contribution in [1.82, 2.24) is 4.98 Å². The summed E-state index contributed by atoms with van der Waals surface area (Å²) in [6, 6.07) is 11.9. The fourth-order valence-electron chi connectivity index (χ4n) is 2.50. The highest BCUT2D eigenvalue weighted by atomic mass is 32.1. The Balaban J connectivity index is 1.68. The highest BCUT2D eigenvalue weighted by Gasteiger charge is 2.13. The molecule has 0 aliphatic carbocycles. The number of anilines is 2. The molecule has 5 nitrogen and oxygen atoms in total. The molecule has 3 rings (SSSR count). The maximum atomic E-state index is 14.3. The average Bonchev–Trinajstić information content (AvgIpc) is 3.04. The lowest BCUT2D eigenvalue weighted by Gasteiger charge is -2.05. The zero-order chi connectivity index (χ0) is 19.4. The standard InChI is InChI=1S/C20H18FN3O2S/c1-12-3-5-14(6-4-12)23-19(26)10-20-24-18(11-27-20)16-8-7-15(9-17(16)21)22-13(2)25/h3-9,11H,10H2,1-2H3,(H,22,25)(H,23,26). The predicted molar refractivity (Wildman–Crippen MR) is 105 cm³/mol. The van der Waals surface area contributed by atoms with Crippen LogP contribution in [0.15, 0.2) is 47.8 Å². The van der Waals surface area contributed by atoms with Gasteiger partial charge in [-0.25, -0.2) is 9.37 Å². The topological polar surface area (TPSA) is 71.1 Å². The molecule has 2 aromatic carbocycles. The fourth-order valence-corrected chi connectivity index (χ4v) is 3.29. The van der Waals surface area contributed by atoms with Crippen LogP contribution in [0.3, 0.4) is 0 Å². The van der Waals surface area contributed by atoms with E-state index in [0.717, 1.165) is 11.3 Å². The summed E-state index contributed by atoms with van der Waals surface area (Å²) in [6.45, 7) is 3.34. The Kier molecular flexibility index (Phi) is 5.61. The Morgan fingerprint density at radius 1 is 1.07 bits per heavy atom. The molecule has 0 atom stereocenters. The Morgan fingerprint density at radius 3 is 2.44 bits per heavy atom. The Bertz CT molecular complexity index is 983. The molecule has 0 aliphatic heterocycles. The third-order valence-electron chi connectivity index (χ3n) is 3.76. The second kappa shape index (κ2) is 8.09. The third-order valence-corrected chi connectivity index (χ3v) is 4.61. The molecule has 27 heavy (non-hydrogen) atoms. The Morgan fingerprint density at radius 2 is 1.78 bits per heavy atom. The minimum absolute atomic E-state index is 0.115. The second-order valence-electron chi connectivity index (χ2n) is 6.09. The largest absolute Gasteiger partial charge is 0.326 e. The van der Waals surface area contributed by atoms with E-state index in [2.05, 4.69) is 15.6 Å². The summed E-state index contributed by atoms with van der Waals surface area (Å²) < 4.78 is 14.3. The van der Waals surface area contributed by atoms with Crippen molar-refractivity contribution in [2.24, 2.45) is 0 Å². The molecular weight excluding hydrogens is 365 g/mol. The van der Waals surface area contributed by atoms with Crippen LogP contribution < -0.4 is 10.6 Å². The minimum Gasteiger partial charge on any atom is -0.326 e. The van der Waals surface area contributed by atoms with Crippen molar-refractivity contribution in [3.05, 3.63) is 64.2 Å². The van der Waals surface area contributed by atoms with Gasteiger partial charge in [-0.15, -0.1) is 11.3 Å². The molecule has 1 aromatic heterocycles. The summed E-state index contributed by atoms with van der Waals surface area (Å²) >= 11 is 1.30. The molecule has 0 spiro atoms. The van der Waals surface area contributed by atoms with Gasteiger partial charge in [0.05, 0.1) is 12.1 Å². The van der Waals surface area contributed by atoms with Gasteiger partial charge in [0, 0.05) is 29.2 Å². The Hall–Kier alpha value is -3.06. The van der Waals surface area contributed by atoms with Gasteiger partial charge >= 0.3 is 0 Å². The first-order chi connectivity index (χ1) is 12.9. The number of aromatic nitrogens is 1. The number of nitrogens with zero attached hydrogens (tertiary/aromatic N) is 1. The highest BCUT2D eigenvalue weighted by molar-refractivity contribution is 7.10.